The van der Waals surface area contributed by atoms with Crippen molar-refractivity contribution in [3.8, 4) is 0 Å². The van der Waals surface area contributed by atoms with Crippen molar-refractivity contribution in [3.63, 3.8) is 0 Å². The molecular weight excluding hydrogens is 296 g/mol. The molecule has 1 aromatic rings. The molecule has 23 heavy (non-hydrogen) atoms. The van der Waals surface area contributed by atoms with E-state index in [2.05, 4.69) is 36.2 Å². The number of aliphatic hydroxyl groups excluding tert-OH is 1. The van der Waals surface area contributed by atoms with E-state index < -0.39 is 0 Å². The molecule has 2 N–H and O–H groups in total. The lowest BCUT2D eigenvalue weighted by Crippen LogP contribution is -2.23. The fourth-order valence-electron chi connectivity index (χ4n) is 2.06. The molecule has 0 spiro atoms. The molecule has 6 heteroatoms. The molecule has 1 aliphatic rings. The van der Waals surface area contributed by atoms with E-state index in [0.717, 1.165) is 6.67 Å². The molecule has 0 aliphatic carbocycles. The average molecular weight is 326 g/mol. The summed E-state index contributed by atoms with van der Waals surface area (Å²) in [6, 6.07) is 3.46. The number of rotatable bonds is 7. The molecule has 132 valence electrons. The van der Waals surface area contributed by atoms with Crippen LogP contribution in [0.4, 0.5) is 0 Å². The van der Waals surface area contributed by atoms with Gasteiger partial charge in [0.05, 0.1) is 12.9 Å². The monoisotopic (exact) mass is 326 g/mol. The molecule has 0 amide bonds. The largest absolute Gasteiger partial charge is 0.483 e. The lowest BCUT2D eigenvalue weighted by molar-refractivity contribution is -0.122. The highest BCUT2D eigenvalue weighted by Crippen LogP contribution is 2.07. The molecule has 0 fully saturated rings. The normalized spacial score (nSPS) is 12.3. The molecule has 2 heterocycles. The minimum Gasteiger partial charge on any atom is -0.483 e. The van der Waals surface area contributed by atoms with Crippen molar-refractivity contribution in [3.05, 3.63) is 36.6 Å². The molecule has 0 bridgehead atoms. The Labute approximate surface area is 139 Å². The SMILES string of the molecule is CCCCCCCN1C=CN(C)C1.O=CO.OCc1ccco1. The van der Waals surface area contributed by atoms with Gasteiger partial charge in [0.25, 0.3) is 6.47 Å². The maximum absolute atomic E-state index is 8.36. The number of hydrogen-bond donors (Lipinski definition) is 2. The standard InChI is InChI=1S/C11H22N2.C5H6O2.CH2O2/c1-3-4-5-6-7-8-13-10-9-12(2)11-13;6-4-5-2-1-3-7-5;2-1-3/h9-10H,3-8,11H2,1-2H3;1-3,6H,4H2;1H,(H,2,3). The van der Waals surface area contributed by atoms with Crippen molar-refractivity contribution >= 4 is 6.47 Å². The highest BCUT2D eigenvalue weighted by atomic mass is 16.4. The van der Waals surface area contributed by atoms with Crippen LogP contribution in [0.5, 0.6) is 0 Å². The minimum atomic E-state index is -0.250. The van der Waals surface area contributed by atoms with Gasteiger partial charge in [0.2, 0.25) is 0 Å². The van der Waals surface area contributed by atoms with E-state index in [1.165, 1.54) is 44.9 Å². The summed E-state index contributed by atoms with van der Waals surface area (Å²) >= 11 is 0. The van der Waals surface area contributed by atoms with Crippen LogP contribution in [-0.2, 0) is 11.4 Å². The third-order valence-corrected chi connectivity index (χ3v) is 3.22. The highest BCUT2D eigenvalue weighted by molar-refractivity contribution is 5.32. The van der Waals surface area contributed by atoms with E-state index in [4.69, 9.17) is 19.4 Å². The van der Waals surface area contributed by atoms with Gasteiger partial charge < -0.3 is 24.4 Å². The molecule has 2 rings (SSSR count). The third-order valence-electron chi connectivity index (χ3n) is 3.22. The van der Waals surface area contributed by atoms with Crippen LogP contribution in [0.15, 0.2) is 35.2 Å². The van der Waals surface area contributed by atoms with Gasteiger partial charge in [0.1, 0.15) is 12.4 Å². The summed E-state index contributed by atoms with van der Waals surface area (Å²) in [6.45, 7) is 4.31. The molecule has 0 atom stereocenters. The Morgan fingerprint density at radius 2 is 1.96 bits per heavy atom. The van der Waals surface area contributed by atoms with Crippen LogP contribution in [0.1, 0.15) is 44.8 Å². The van der Waals surface area contributed by atoms with Crippen molar-refractivity contribution in [2.24, 2.45) is 0 Å². The van der Waals surface area contributed by atoms with Crippen molar-refractivity contribution in [2.45, 2.75) is 45.6 Å². The topological polar surface area (TPSA) is 77.2 Å². The Morgan fingerprint density at radius 1 is 1.26 bits per heavy atom. The van der Waals surface area contributed by atoms with Gasteiger partial charge in [-0.05, 0) is 18.6 Å². The first-order valence-corrected chi connectivity index (χ1v) is 8.01. The number of unbranched alkanes of at least 4 members (excludes halogenated alkanes) is 4. The number of furan rings is 1. The molecule has 1 aromatic heterocycles. The lowest BCUT2D eigenvalue weighted by Gasteiger charge is -2.17. The zero-order chi connectivity index (χ0) is 17.3. The predicted octanol–water partition coefficient (Wildman–Crippen LogP) is 3.11. The van der Waals surface area contributed by atoms with Gasteiger partial charge >= 0.3 is 0 Å². The van der Waals surface area contributed by atoms with Gasteiger partial charge in [0, 0.05) is 26.0 Å². The van der Waals surface area contributed by atoms with Gasteiger partial charge in [-0.15, -0.1) is 0 Å². The zero-order valence-corrected chi connectivity index (χ0v) is 14.2. The Kier molecular flexibility index (Phi) is 13.7. The Hall–Kier alpha value is -1.95. The van der Waals surface area contributed by atoms with E-state index >= 15 is 0 Å². The summed E-state index contributed by atoms with van der Waals surface area (Å²) in [5, 5.41) is 15.2. The zero-order valence-electron chi connectivity index (χ0n) is 14.2. The van der Waals surface area contributed by atoms with Gasteiger partial charge in [-0.2, -0.15) is 0 Å². The fraction of sp³-hybridized carbons (Fsp3) is 0.588. The van der Waals surface area contributed by atoms with Crippen LogP contribution < -0.4 is 0 Å². The summed E-state index contributed by atoms with van der Waals surface area (Å²) in [6.07, 6.45) is 12.8. The van der Waals surface area contributed by atoms with E-state index in [9.17, 15) is 0 Å². The number of aliphatic hydroxyl groups is 1. The second-order valence-corrected chi connectivity index (χ2v) is 5.27. The van der Waals surface area contributed by atoms with Gasteiger partial charge in [-0.1, -0.05) is 32.6 Å². The summed E-state index contributed by atoms with van der Waals surface area (Å²) in [7, 11) is 2.12. The van der Waals surface area contributed by atoms with Crippen LogP contribution in [-0.4, -0.2) is 46.7 Å². The molecule has 6 nitrogen and oxygen atoms in total. The van der Waals surface area contributed by atoms with E-state index in [1.54, 1.807) is 12.1 Å². The maximum atomic E-state index is 8.36. The van der Waals surface area contributed by atoms with Gasteiger partial charge in [0.15, 0.2) is 0 Å². The number of carbonyl (C=O) groups is 1. The van der Waals surface area contributed by atoms with Crippen molar-refractivity contribution in [1.82, 2.24) is 9.80 Å². The average Bonchev–Trinajstić information content (AvgIpc) is 3.20. The van der Waals surface area contributed by atoms with Gasteiger partial charge in [-0.25, -0.2) is 0 Å². The van der Waals surface area contributed by atoms with Crippen LogP contribution in [0, 0.1) is 0 Å². The molecule has 0 radical (unpaired) electrons. The summed E-state index contributed by atoms with van der Waals surface area (Å²) < 4.78 is 4.73. The first kappa shape index (κ1) is 21.0. The highest BCUT2D eigenvalue weighted by Gasteiger charge is 2.06. The third kappa shape index (κ3) is 12.3. The summed E-state index contributed by atoms with van der Waals surface area (Å²) in [5.41, 5.74) is 0. The maximum Gasteiger partial charge on any atom is 0.290 e. The smallest absolute Gasteiger partial charge is 0.290 e. The number of nitrogens with zero attached hydrogens (tertiary/aromatic N) is 2. The second-order valence-electron chi connectivity index (χ2n) is 5.27. The molecular formula is C17H30N2O4. The van der Waals surface area contributed by atoms with Crippen molar-refractivity contribution in [1.29, 1.82) is 0 Å². The first-order chi connectivity index (χ1) is 11.2. The number of carboxylic acid groups (broad SMARTS) is 1. The summed E-state index contributed by atoms with van der Waals surface area (Å²) in [5.74, 6) is 0.611. The van der Waals surface area contributed by atoms with Crippen LogP contribution in [0.2, 0.25) is 0 Å². The number of hydrogen-bond acceptors (Lipinski definition) is 5. The molecule has 0 saturated heterocycles. The van der Waals surface area contributed by atoms with Crippen molar-refractivity contribution in [2.75, 3.05) is 20.3 Å². The van der Waals surface area contributed by atoms with Crippen LogP contribution in [0.25, 0.3) is 0 Å². The molecule has 0 unspecified atom stereocenters. The second kappa shape index (κ2) is 15.0. The molecule has 1 aliphatic heterocycles. The predicted molar refractivity (Wildman–Crippen MR) is 90.6 cm³/mol. The van der Waals surface area contributed by atoms with Gasteiger partial charge in [-0.3, -0.25) is 4.79 Å². The van der Waals surface area contributed by atoms with E-state index in [-0.39, 0.29) is 13.1 Å². The van der Waals surface area contributed by atoms with E-state index in [1.807, 2.05) is 0 Å². The first-order valence-electron chi connectivity index (χ1n) is 8.01. The summed E-state index contributed by atoms with van der Waals surface area (Å²) in [4.78, 5) is 13.0. The molecule has 0 saturated carbocycles. The van der Waals surface area contributed by atoms with Crippen LogP contribution >= 0.6 is 0 Å². The van der Waals surface area contributed by atoms with Crippen molar-refractivity contribution < 1.29 is 19.4 Å². The van der Waals surface area contributed by atoms with Crippen LogP contribution in [0.3, 0.4) is 0 Å². The Bertz CT molecular complexity index is 393. The Balaban J connectivity index is 0.000000404. The Morgan fingerprint density at radius 3 is 2.39 bits per heavy atom. The quantitative estimate of drug-likeness (QED) is 0.592. The van der Waals surface area contributed by atoms with E-state index in [0.29, 0.717) is 5.76 Å². The lowest BCUT2D eigenvalue weighted by atomic mass is 10.1. The molecule has 0 aromatic carbocycles. The fourth-order valence-corrected chi connectivity index (χ4v) is 2.06. The minimum absolute atomic E-state index is 0.00694.